The minimum atomic E-state index is 0.170. The number of rotatable bonds is 4. The number of piperidine rings is 1. The van der Waals surface area contributed by atoms with E-state index >= 15 is 0 Å². The lowest BCUT2D eigenvalue weighted by molar-refractivity contribution is -0.131. The molecule has 0 radical (unpaired) electrons. The normalized spacial score (nSPS) is 17.3. The van der Waals surface area contributed by atoms with Crippen molar-refractivity contribution >= 4 is 5.91 Å². The molecule has 8 heteroatoms. The van der Waals surface area contributed by atoms with Crippen LogP contribution in [0.3, 0.4) is 0 Å². The maximum Gasteiger partial charge on any atom is 0.227 e. The van der Waals surface area contributed by atoms with E-state index in [1.165, 1.54) is 0 Å². The lowest BCUT2D eigenvalue weighted by Crippen LogP contribution is -2.39. The molecule has 0 aliphatic carbocycles. The number of aromatic nitrogens is 5. The average molecular weight is 391 g/mol. The van der Waals surface area contributed by atoms with Crippen molar-refractivity contribution in [2.45, 2.75) is 38.3 Å². The zero-order valence-corrected chi connectivity index (χ0v) is 16.4. The third-order valence-corrected chi connectivity index (χ3v) is 5.88. The van der Waals surface area contributed by atoms with Gasteiger partial charge in [0.25, 0.3) is 0 Å². The monoisotopic (exact) mass is 391 g/mol. The van der Waals surface area contributed by atoms with Gasteiger partial charge >= 0.3 is 0 Å². The molecule has 29 heavy (non-hydrogen) atoms. The van der Waals surface area contributed by atoms with Gasteiger partial charge in [-0.15, -0.1) is 10.2 Å². The Morgan fingerprint density at radius 2 is 1.93 bits per heavy atom. The van der Waals surface area contributed by atoms with Crippen molar-refractivity contribution < 1.29 is 4.79 Å². The fraction of sp³-hybridized carbons (Fsp3) is 0.429. The molecule has 1 saturated heterocycles. The van der Waals surface area contributed by atoms with Crippen LogP contribution >= 0.6 is 0 Å². The second kappa shape index (κ2) is 7.79. The van der Waals surface area contributed by atoms with Crippen LogP contribution in [0.5, 0.6) is 0 Å². The summed E-state index contributed by atoms with van der Waals surface area (Å²) in [6, 6.07) is 9.95. The van der Waals surface area contributed by atoms with Gasteiger partial charge in [0, 0.05) is 38.3 Å². The summed E-state index contributed by atoms with van der Waals surface area (Å²) in [4.78, 5) is 14.8. The van der Waals surface area contributed by atoms with E-state index in [2.05, 4.69) is 25.2 Å². The lowest BCUT2D eigenvalue weighted by Gasteiger charge is -2.32. The first-order chi connectivity index (χ1) is 14.3. The maximum atomic E-state index is 12.8. The van der Waals surface area contributed by atoms with Gasteiger partial charge < -0.3 is 14.8 Å². The van der Waals surface area contributed by atoms with Crippen molar-refractivity contribution in [3.05, 3.63) is 59.9 Å². The van der Waals surface area contributed by atoms with Gasteiger partial charge in [-0.05, 0) is 30.5 Å². The van der Waals surface area contributed by atoms with E-state index < -0.39 is 0 Å². The topological polar surface area (TPSA) is 80.9 Å². The molecule has 1 N–H and O–H groups in total. The molecule has 5 rings (SSSR count). The smallest absolute Gasteiger partial charge is 0.227 e. The first kappa shape index (κ1) is 18.1. The standard InChI is InChI=1S/C21H25N7O/c29-20(12-16-13-23-28(15-16)18-4-2-1-3-5-18)26-9-6-17(7-10-26)21-25-24-19-14-22-8-11-27(19)21/h1-5,13,15,17,22H,6-12,14H2. The maximum absolute atomic E-state index is 12.8. The molecule has 3 aromatic rings. The molecule has 0 spiro atoms. The highest BCUT2D eigenvalue weighted by Crippen LogP contribution is 2.28. The molecular formula is C21H25N7O. The SMILES string of the molecule is O=C(Cc1cnn(-c2ccccc2)c1)N1CCC(c2nnc3n2CCNC3)CC1. The highest BCUT2D eigenvalue weighted by atomic mass is 16.2. The quantitative estimate of drug-likeness (QED) is 0.729. The molecule has 4 heterocycles. The van der Waals surface area contributed by atoms with E-state index in [0.29, 0.717) is 12.3 Å². The molecule has 2 aliphatic rings. The molecule has 2 aliphatic heterocycles. The molecule has 0 unspecified atom stereocenters. The van der Waals surface area contributed by atoms with Crippen molar-refractivity contribution in [3.63, 3.8) is 0 Å². The summed E-state index contributed by atoms with van der Waals surface area (Å²) in [6.45, 7) is 4.24. The Hall–Kier alpha value is -3.00. The number of carbonyl (C=O) groups is 1. The van der Waals surface area contributed by atoms with Gasteiger partial charge in [0.1, 0.15) is 11.6 Å². The van der Waals surface area contributed by atoms with Gasteiger partial charge in [-0.1, -0.05) is 18.2 Å². The lowest BCUT2D eigenvalue weighted by atomic mass is 9.95. The van der Waals surface area contributed by atoms with Crippen LogP contribution in [0.4, 0.5) is 0 Å². The summed E-state index contributed by atoms with van der Waals surface area (Å²) in [5, 5.41) is 16.5. The Morgan fingerprint density at radius 3 is 2.76 bits per heavy atom. The first-order valence-electron chi connectivity index (χ1n) is 10.3. The van der Waals surface area contributed by atoms with E-state index in [0.717, 1.165) is 68.5 Å². The van der Waals surface area contributed by atoms with Crippen molar-refractivity contribution in [2.75, 3.05) is 19.6 Å². The van der Waals surface area contributed by atoms with Gasteiger partial charge in [0.05, 0.1) is 24.8 Å². The Balaban J connectivity index is 1.19. The molecular weight excluding hydrogens is 366 g/mol. The highest BCUT2D eigenvalue weighted by molar-refractivity contribution is 5.78. The van der Waals surface area contributed by atoms with Gasteiger partial charge in [-0.25, -0.2) is 4.68 Å². The summed E-state index contributed by atoms with van der Waals surface area (Å²) >= 11 is 0. The summed E-state index contributed by atoms with van der Waals surface area (Å²) in [6.07, 6.45) is 6.01. The van der Waals surface area contributed by atoms with Crippen LogP contribution in [0.1, 0.15) is 36.0 Å². The number of nitrogens with one attached hydrogen (secondary N) is 1. The Labute approximate surface area is 169 Å². The average Bonchev–Trinajstić information content (AvgIpc) is 3.42. The van der Waals surface area contributed by atoms with Crippen LogP contribution < -0.4 is 5.32 Å². The Bertz CT molecular complexity index is 986. The van der Waals surface area contributed by atoms with Gasteiger partial charge in [0.15, 0.2) is 0 Å². The predicted octanol–water partition coefficient (Wildman–Crippen LogP) is 1.52. The molecule has 0 saturated carbocycles. The molecule has 1 amide bonds. The Kier molecular flexibility index (Phi) is 4.85. The van der Waals surface area contributed by atoms with Crippen molar-refractivity contribution in [2.24, 2.45) is 0 Å². The molecule has 1 fully saturated rings. The van der Waals surface area contributed by atoms with Crippen LogP contribution in [0.25, 0.3) is 5.69 Å². The summed E-state index contributed by atoms with van der Waals surface area (Å²) in [5.74, 6) is 2.68. The van der Waals surface area contributed by atoms with Gasteiger partial charge in [0.2, 0.25) is 5.91 Å². The zero-order valence-electron chi connectivity index (χ0n) is 16.4. The second-order valence-corrected chi connectivity index (χ2v) is 7.76. The summed E-state index contributed by atoms with van der Waals surface area (Å²) in [7, 11) is 0. The molecule has 2 aromatic heterocycles. The highest BCUT2D eigenvalue weighted by Gasteiger charge is 2.28. The molecule has 0 atom stereocenters. The first-order valence-corrected chi connectivity index (χ1v) is 10.3. The number of para-hydroxylation sites is 1. The summed E-state index contributed by atoms with van der Waals surface area (Å²) < 4.78 is 4.08. The fourth-order valence-electron chi connectivity index (χ4n) is 4.26. The summed E-state index contributed by atoms with van der Waals surface area (Å²) in [5.41, 5.74) is 1.94. The number of carbonyl (C=O) groups excluding carboxylic acids is 1. The van der Waals surface area contributed by atoms with E-state index in [4.69, 9.17) is 0 Å². The number of nitrogens with zero attached hydrogens (tertiary/aromatic N) is 6. The predicted molar refractivity (Wildman–Crippen MR) is 108 cm³/mol. The van der Waals surface area contributed by atoms with Crippen LogP contribution in [-0.2, 0) is 24.3 Å². The van der Waals surface area contributed by atoms with Crippen LogP contribution in [0.15, 0.2) is 42.7 Å². The van der Waals surface area contributed by atoms with Crippen LogP contribution in [-0.4, -0.2) is 55.0 Å². The van der Waals surface area contributed by atoms with Gasteiger partial charge in [-0.2, -0.15) is 5.10 Å². The van der Waals surface area contributed by atoms with Crippen LogP contribution in [0, 0.1) is 0 Å². The van der Waals surface area contributed by atoms with Crippen molar-refractivity contribution in [1.82, 2.24) is 34.8 Å². The molecule has 0 bridgehead atoms. The fourth-order valence-corrected chi connectivity index (χ4v) is 4.26. The van der Waals surface area contributed by atoms with E-state index in [1.54, 1.807) is 6.20 Å². The van der Waals surface area contributed by atoms with Crippen molar-refractivity contribution in [3.8, 4) is 5.69 Å². The number of hydrogen-bond acceptors (Lipinski definition) is 5. The minimum Gasteiger partial charge on any atom is -0.342 e. The number of amides is 1. The van der Waals surface area contributed by atoms with Gasteiger partial charge in [-0.3, -0.25) is 4.79 Å². The van der Waals surface area contributed by atoms with Crippen LogP contribution in [0.2, 0.25) is 0 Å². The second-order valence-electron chi connectivity index (χ2n) is 7.76. The number of benzene rings is 1. The number of hydrogen-bond donors (Lipinski definition) is 1. The van der Waals surface area contributed by atoms with E-state index in [1.807, 2.05) is 46.1 Å². The Morgan fingerprint density at radius 1 is 1.10 bits per heavy atom. The number of likely N-dealkylation sites (tertiary alicyclic amines) is 1. The van der Waals surface area contributed by atoms with E-state index in [9.17, 15) is 4.79 Å². The molecule has 1 aromatic carbocycles. The minimum absolute atomic E-state index is 0.170. The van der Waals surface area contributed by atoms with E-state index in [-0.39, 0.29) is 5.91 Å². The number of fused-ring (bicyclic) bond motifs is 1. The third-order valence-electron chi connectivity index (χ3n) is 5.88. The zero-order chi connectivity index (χ0) is 19.6. The molecule has 150 valence electrons. The third kappa shape index (κ3) is 3.67. The van der Waals surface area contributed by atoms with Crippen molar-refractivity contribution in [1.29, 1.82) is 0 Å². The molecule has 8 nitrogen and oxygen atoms in total. The largest absolute Gasteiger partial charge is 0.342 e.